The topological polar surface area (TPSA) is 73.2 Å². The largest absolute Gasteiger partial charge is 0.461 e. The number of benzene rings is 1. The van der Waals surface area contributed by atoms with E-state index in [0.717, 1.165) is 16.8 Å². The summed E-state index contributed by atoms with van der Waals surface area (Å²) in [6, 6.07) is 7.11. The molecule has 22 heavy (non-hydrogen) atoms. The summed E-state index contributed by atoms with van der Waals surface area (Å²) >= 11 is 0. The molecule has 0 unspecified atom stereocenters. The Morgan fingerprint density at radius 3 is 2.73 bits per heavy atom. The van der Waals surface area contributed by atoms with Gasteiger partial charge in [0.25, 0.3) is 5.91 Å². The van der Waals surface area contributed by atoms with Crippen molar-refractivity contribution in [3.05, 3.63) is 46.8 Å². The van der Waals surface area contributed by atoms with Gasteiger partial charge in [0.05, 0.1) is 6.61 Å². The molecule has 0 fully saturated rings. The predicted molar refractivity (Wildman–Crippen MR) is 83.0 cm³/mol. The number of aromatic nitrogens is 2. The fraction of sp³-hybridized carbons (Fsp3) is 0.312. The van der Waals surface area contributed by atoms with Gasteiger partial charge in [-0.3, -0.25) is 9.48 Å². The normalized spacial score (nSPS) is 10.4. The quantitative estimate of drug-likeness (QED) is 0.880. The maximum atomic E-state index is 12.3. The van der Waals surface area contributed by atoms with Gasteiger partial charge < -0.3 is 10.1 Å². The molecule has 6 heteroatoms. The fourth-order valence-corrected chi connectivity index (χ4v) is 2.05. The SMILES string of the molecule is CCOC(=O)c1cc(C(=O)Nc2cccc(C)c2C)nn1C. The third-order valence-corrected chi connectivity index (χ3v) is 3.45. The second-order valence-electron chi connectivity index (χ2n) is 4.96. The Kier molecular flexibility index (Phi) is 4.60. The van der Waals surface area contributed by atoms with Crippen molar-refractivity contribution in [3.8, 4) is 0 Å². The van der Waals surface area contributed by atoms with Crippen LogP contribution >= 0.6 is 0 Å². The third-order valence-electron chi connectivity index (χ3n) is 3.45. The first-order valence-corrected chi connectivity index (χ1v) is 7.02. The number of hydrogen-bond acceptors (Lipinski definition) is 4. The van der Waals surface area contributed by atoms with Crippen LogP contribution in [0.3, 0.4) is 0 Å². The summed E-state index contributed by atoms with van der Waals surface area (Å²) in [5.74, 6) is -0.858. The van der Waals surface area contributed by atoms with E-state index in [1.54, 1.807) is 14.0 Å². The number of hydrogen-bond donors (Lipinski definition) is 1. The fourth-order valence-electron chi connectivity index (χ4n) is 2.05. The Morgan fingerprint density at radius 2 is 2.05 bits per heavy atom. The maximum absolute atomic E-state index is 12.3. The molecule has 116 valence electrons. The van der Waals surface area contributed by atoms with Crippen molar-refractivity contribution in [1.82, 2.24) is 9.78 Å². The highest BCUT2D eigenvalue weighted by atomic mass is 16.5. The van der Waals surface area contributed by atoms with Gasteiger partial charge in [-0.05, 0) is 38.0 Å². The monoisotopic (exact) mass is 301 g/mol. The molecule has 1 aromatic heterocycles. The van der Waals surface area contributed by atoms with E-state index in [1.165, 1.54) is 10.7 Å². The van der Waals surface area contributed by atoms with Gasteiger partial charge in [-0.1, -0.05) is 12.1 Å². The lowest BCUT2D eigenvalue weighted by atomic mass is 10.1. The number of anilines is 1. The number of rotatable bonds is 4. The minimum Gasteiger partial charge on any atom is -0.461 e. The molecule has 2 aromatic rings. The van der Waals surface area contributed by atoms with Crippen molar-refractivity contribution in [2.24, 2.45) is 7.05 Å². The predicted octanol–water partition coefficient (Wildman–Crippen LogP) is 2.47. The van der Waals surface area contributed by atoms with Crippen molar-refractivity contribution in [3.63, 3.8) is 0 Å². The smallest absolute Gasteiger partial charge is 0.356 e. The van der Waals surface area contributed by atoms with Crippen LogP contribution in [0.1, 0.15) is 39.0 Å². The molecule has 0 saturated carbocycles. The van der Waals surface area contributed by atoms with Crippen LogP contribution in [0.4, 0.5) is 5.69 Å². The minimum absolute atomic E-state index is 0.173. The lowest BCUT2D eigenvalue weighted by Crippen LogP contribution is -2.14. The van der Waals surface area contributed by atoms with Crippen molar-refractivity contribution >= 4 is 17.6 Å². The molecule has 1 amide bonds. The second-order valence-corrected chi connectivity index (χ2v) is 4.96. The van der Waals surface area contributed by atoms with Crippen LogP contribution in [0.25, 0.3) is 0 Å². The number of esters is 1. The van der Waals surface area contributed by atoms with E-state index in [4.69, 9.17) is 4.74 Å². The van der Waals surface area contributed by atoms with Crippen molar-refractivity contribution in [2.75, 3.05) is 11.9 Å². The molecule has 0 aliphatic rings. The molecule has 0 aliphatic heterocycles. The van der Waals surface area contributed by atoms with Crippen LogP contribution in [-0.4, -0.2) is 28.3 Å². The van der Waals surface area contributed by atoms with E-state index >= 15 is 0 Å². The molecule has 0 spiro atoms. The van der Waals surface area contributed by atoms with Gasteiger partial charge >= 0.3 is 5.97 Å². The Balaban J connectivity index is 2.22. The van der Waals surface area contributed by atoms with E-state index in [2.05, 4.69) is 10.4 Å². The second kappa shape index (κ2) is 6.43. The summed E-state index contributed by atoms with van der Waals surface area (Å²) in [5, 5.41) is 6.88. The van der Waals surface area contributed by atoms with E-state index in [1.807, 2.05) is 32.0 Å². The Labute approximate surface area is 129 Å². The van der Waals surface area contributed by atoms with Crippen LogP contribution in [0.5, 0.6) is 0 Å². The Morgan fingerprint density at radius 1 is 1.32 bits per heavy atom. The molecule has 0 radical (unpaired) electrons. The molecule has 2 rings (SSSR count). The average Bonchev–Trinajstić information content (AvgIpc) is 2.86. The highest BCUT2D eigenvalue weighted by Crippen LogP contribution is 2.19. The highest BCUT2D eigenvalue weighted by molar-refractivity contribution is 6.04. The van der Waals surface area contributed by atoms with Crippen molar-refractivity contribution in [2.45, 2.75) is 20.8 Å². The highest BCUT2D eigenvalue weighted by Gasteiger charge is 2.18. The van der Waals surface area contributed by atoms with Crippen LogP contribution in [0, 0.1) is 13.8 Å². The van der Waals surface area contributed by atoms with Gasteiger partial charge in [0.15, 0.2) is 5.69 Å². The van der Waals surface area contributed by atoms with Gasteiger partial charge in [-0.2, -0.15) is 5.10 Å². The average molecular weight is 301 g/mol. The zero-order valence-corrected chi connectivity index (χ0v) is 13.1. The first-order chi connectivity index (χ1) is 10.4. The summed E-state index contributed by atoms with van der Waals surface area (Å²) in [7, 11) is 1.60. The van der Waals surface area contributed by atoms with Crippen LogP contribution in [-0.2, 0) is 11.8 Å². The van der Waals surface area contributed by atoms with E-state index in [-0.39, 0.29) is 23.9 Å². The van der Waals surface area contributed by atoms with Gasteiger partial charge in [0, 0.05) is 18.8 Å². The summed E-state index contributed by atoms with van der Waals surface area (Å²) < 4.78 is 6.27. The van der Waals surface area contributed by atoms with Crippen molar-refractivity contribution < 1.29 is 14.3 Å². The summed E-state index contributed by atoms with van der Waals surface area (Å²) in [6.07, 6.45) is 0. The lowest BCUT2D eigenvalue weighted by Gasteiger charge is -2.08. The van der Waals surface area contributed by atoms with E-state index < -0.39 is 5.97 Å². The molecule has 1 aromatic carbocycles. The van der Waals surface area contributed by atoms with Gasteiger partial charge in [-0.25, -0.2) is 4.79 Å². The molecular formula is C16H19N3O3. The molecule has 0 saturated heterocycles. The Hall–Kier alpha value is -2.63. The molecule has 1 heterocycles. The van der Waals surface area contributed by atoms with Gasteiger partial charge in [-0.15, -0.1) is 0 Å². The molecule has 6 nitrogen and oxygen atoms in total. The molecule has 0 aliphatic carbocycles. The van der Waals surface area contributed by atoms with E-state index in [9.17, 15) is 9.59 Å². The first kappa shape index (κ1) is 15.8. The summed E-state index contributed by atoms with van der Waals surface area (Å²) in [6.45, 7) is 5.91. The number of nitrogens with zero attached hydrogens (tertiary/aromatic N) is 2. The summed E-state index contributed by atoms with van der Waals surface area (Å²) in [5.41, 5.74) is 3.23. The first-order valence-electron chi connectivity index (χ1n) is 7.02. The molecular weight excluding hydrogens is 282 g/mol. The molecule has 0 bridgehead atoms. The number of aryl methyl sites for hydroxylation is 2. The number of ether oxygens (including phenoxy) is 1. The number of carbonyl (C=O) groups is 2. The van der Waals surface area contributed by atoms with Crippen LogP contribution in [0.2, 0.25) is 0 Å². The molecule has 1 N–H and O–H groups in total. The number of carbonyl (C=O) groups excluding carboxylic acids is 2. The van der Waals surface area contributed by atoms with Crippen LogP contribution in [0.15, 0.2) is 24.3 Å². The van der Waals surface area contributed by atoms with Gasteiger partial charge in [0.2, 0.25) is 0 Å². The number of amides is 1. The summed E-state index contributed by atoms with van der Waals surface area (Å²) in [4.78, 5) is 24.0. The maximum Gasteiger partial charge on any atom is 0.356 e. The Bertz CT molecular complexity index is 719. The van der Waals surface area contributed by atoms with E-state index in [0.29, 0.717) is 0 Å². The minimum atomic E-state index is -0.497. The number of nitrogens with one attached hydrogen (secondary N) is 1. The zero-order chi connectivity index (χ0) is 16.3. The standard InChI is InChI=1S/C16H19N3O3/c1-5-22-16(21)14-9-13(18-19(14)4)15(20)17-12-8-6-7-10(2)11(12)3/h6-9H,5H2,1-4H3,(H,17,20). The van der Waals surface area contributed by atoms with Crippen molar-refractivity contribution in [1.29, 1.82) is 0 Å². The zero-order valence-electron chi connectivity index (χ0n) is 13.1. The van der Waals surface area contributed by atoms with Crippen LogP contribution < -0.4 is 5.32 Å². The third kappa shape index (κ3) is 3.16. The lowest BCUT2D eigenvalue weighted by molar-refractivity contribution is 0.0513. The molecule has 0 atom stereocenters. The van der Waals surface area contributed by atoms with Gasteiger partial charge in [0.1, 0.15) is 5.69 Å².